The Morgan fingerprint density at radius 1 is 1.15 bits per heavy atom. The van der Waals surface area contributed by atoms with Crippen molar-refractivity contribution in [3.63, 3.8) is 0 Å². The van der Waals surface area contributed by atoms with Crippen molar-refractivity contribution < 1.29 is 14.3 Å². The number of likely N-dealkylation sites (tertiary alicyclic amines) is 1. The number of thiophene rings is 1. The Kier molecular flexibility index (Phi) is 4.76. The summed E-state index contributed by atoms with van der Waals surface area (Å²) in [5.74, 6) is 0.952. The lowest BCUT2D eigenvalue weighted by molar-refractivity contribution is 0.00123. The molecule has 0 radical (unpaired) electrons. The van der Waals surface area contributed by atoms with Gasteiger partial charge in [-0.05, 0) is 23.6 Å². The summed E-state index contributed by atoms with van der Waals surface area (Å²) in [6.45, 7) is 3.22. The number of methoxy groups -OCH3 is 1. The highest BCUT2D eigenvalue weighted by Gasteiger charge is 2.40. The largest absolute Gasteiger partial charge is 0.485 e. The van der Waals surface area contributed by atoms with Gasteiger partial charge < -0.3 is 19.3 Å². The summed E-state index contributed by atoms with van der Waals surface area (Å²) in [6.07, 6.45) is 2.39. The predicted molar refractivity (Wildman–Crippen MR) is 103 cm³/mol. The first-order chi connectivity index (χ1) is 12.7. The number of benzene rings is 1. The Labute approximate surface area is 158 Å². The Hall–Kier alpha value is -2.21. The molecule has 0 bridgehead atoms. The number of hydrogen-bond donors (Lipinski definition) is 0. The van der Waals surface area contributed by atoms with Crippen LogP contribution in [-0.4, -0.2) is 43.3 Å². The van der Waals surface area contributed by atoms with Crippen LogP contribution < -0.4 is 9.64 Å². The fraction of sp³-hybridized carbons (Fsp3) is 0.450. The first-order valence-corrected chi connectivity index (χ1v) is 9.95. The maximum atomic E-state index is 11.8. The van der Waals surface area contributed by atoms with Crippen molar-refractivity contribution in [2.75, 3.05) is 31.6 Å². The minimum atomic E-state index is -0.242. The van der Waals surface area contributed by atoms with Gasteiger partial charge in [0.1, 0.15) is 11.4 Å². The van der Waals surface area contributed by atoms with E-state index in [0.29, 0.717) is 13.1 Å². The zero-order valence-corrected chi connectivity index (χ0v) is 15.8. The average Bonchev–Trinajstić information content (AvgIpc) is 3.14. The number of hydrogen-bond acceptors (Lipinski definition) is 5. The van der Waals surface area contributed by atoms with Crippen LogP contribution in [0.1, 0.15) is 24.1 Å². The van der Waals surface area contributed by atoms with Gasteiger partial charge in [0, 0.05) is 43.8 Å². The molecule has 4 rings (SSSR count). The third kappa shape index (κ3) is 3.38. The topological polar surface area (TPSA) is 42.0 Å². The first-order valence-electron chi connectivity index (χ1n) is 9.07. The van der Waals surface area contributed by atoms with Crippen molar-refractivity contribution in [2.24, 2.45) is 0 Å². The normalized spacial score (nSPS) is 18.8. The van der Waals surface area contributed by atoms with E-state index in [0.717, 1.165) is 43.8 Å². The van der Waals surface area contributed by atoms with Crippen LogP contribution in [0.4, 0.5) is 10.5 Å². The van der Waals surface area contributed by atoms with Crippen LogP contribution in [0.2, 0.25) is 0 Å². The number of ether oxygens (including phenoxy) is 2. The number of fused-ring (bicyclic) bond motifs is 1. The molecule has 2 aliphatic rings. The lowest BCUT2D eigenvalue weighted by Crippen LogP contribution is -2.50. The number of para-hydroxylation sites is 2. The Morgan fingerprint density at radius 2 is 1.92 bits per heavy atom. The molecule has 0 atom stereocenters. The molecule has 0 unspecified atom stereocenters. The molecule has 138 valence electrons. The third-order valence-electron chi connectivity index (χ3n) is 5.40. The van der Waals surface area contributed by atoms with Gasteiger partial charge in [-0.2, -0.15) is 0 Å². The fourth-order valence-corrected chi connectivity index (χ4v) is 4.60. The van der Waals surface area contributed by atoms with E-state index in [1.165, 1.54) is 12.0 Å². The Balaban J connectivity index is 1.54. The summed E-state index contributed by atoms with van der Waals surface area (Å²) in [5.41, 5.74) is 0.957. The van der Waals surface area contributed by atoms with E-state index < -0.39 is 0 Å². The molecule has 0 saturated carbocycles. The van der Waals surface area contributed by atoms with Crippen LogP contribution in [-0.2, 0) is 11.3 Å². The minimum Gasteiger partial charge on any atom is -0.485 e. The van der Waals surface area contributed by atoms with Crippen molar-refractivity contribution >= 4 is 23.1 Å². The molecule has 6 heteroatoms. The van der Waals surface area contributed by atoms with Gasteiger partial charge in [0.2, 0.25) is 0 Å². The highest BCUT2D eigenvalue weighted by Crippen LogP contribution is 2.41. The van der Waals surface area contributed by atoms with Gasteiger partial charge in [0.15, 0.2) is 0 Å². The summed E-state index contributed by atoms with van der Waals surface area (Å²) in [5, 5.41) is 2.12. The number of carbonyl (C=O) groups excluding carboxylic acids is 1. The number of anilines is 1. The summed E-state index contributed by atoms with van der Waals surface area (Å²) in [7, 11) is 1.44. The van der Waals surface area contributed by atoms with Gasteiger partial charge >= 0.3 is 6.09 Å². The highest BCUT2D eigenvalue weighted by molar-refractivity contribution is 7.09. The molecule has 26 heavy (non-hydrogen) atoms. The predicted octanol–water partition coefficient (Wildman–Crippen LogP) is 4.14. The molecule has 0 aliphatic carbocycles. The van der Waals surface area contributed by atoms with Gasteiger partial charge in [-0.1, -0.05) is 18.2 Å². The molecule has 1 fully saturated rings. The number of carbonyl (C=O) groups is 1. The van der Waals surface area contributed by atoms with E-state index in [4.69, 9.17) is 9.47 Å². The van der Waals surface area contributed by atoms with Crippen LogP contribution >= 0.6 is 11.3 Å². The molecule has 1 amide bonds. The molecule has 2 aliphatic heterocycles. The molecule has 1 spiro atoms. The van der Waals surface area contributed by atoms with Crippen LogP contribution in [0.3, 0.4) is 0 Å². The quantitative estimate of drug-likeness (QED) is 0.795. The van der Waals surface area contributed by atoms with E-state index in [1.54, 1.807) is 16.2 Å². The monoisotopic (exact) mass is 372 g/mol. The van der Waals surface area contributed by atoms with Crippen LogP contribution in [0, 0.1) is 0 Å². The summed E-state index contributed by atoms with van der Waals surface area (Å²) in [4.78, 5) is 17.3. The number of rotatable bonds is 2. The maximum Gasteiger partial charge on any atom is 0.409 e. The Morgan fingerprint density at radius 3 is 2.65 bits per heavy atom. The van der Waals surface area contributed by atoms with Crippen LogP contribution in [0.15, 0.2) is 41.8 Å². The third-order valence-corrected chi connectivity index (χ3v) is 6.27. The van der Waals surface area contributed by atoms with Gasteiger partial charge in [0.05, 0.1) is 19.3 Å². The van der Waals surface area contributed by atoms with Crippen molar-refractivity contribution in [3.8, 4) is 5.75 Å². The number of amides is 1. The van der Waals surface area contributed by atoms with E-state index in [9.17, 15) is 4.79 Å². The minimum absolute atomic E-state index is 0.204. The number of nitrogens with zero attached hydrogens (tertiary/aromatic N) is 2. The van der Waals surface area contributed by atoms with Crippen molar-refractivity contribution in [1.82, 2.24) is 4.90 Å². The SMILES string of the molecule is COC(=O)N1CCC2(CC1)CCN(Cc1cccs1)c1ccccc1O2. The molecular weight excluding hydrogens is 348 g/mol. The van der Waals surface area contributed by atoms with Gasteiger partial charge in [-0.25, -0.2) is 4.79 Å². The smallest absolute Gasteiger partial charge is 0.409 e. The Bertz CT molecular complexity index is 754. The second-order valence-corrected chi connectivity index (χ2v) is 7.99. The molecular formula is C20H24N2O3S. The van der Waals surface area contributed by atoms with E-state index in [2.05, 4.69) is 40.6 Å². The second kappa shape index (κ2) is 7.19. The van der Waals surface area contributed by atoms with Crippen molar-refractivity contribution in [1.29, 1.82) is 0 Å². The zero-order valence-electron chi connectivity index (χ0n) is 15.0. The van der Waals surface area contributed by atoms with Crippen LogP contribution in [0.5, 0.6) is 5.75 Å². The van der Waals surface area contributed by atoms with Crippen molar-refractivity contribution in [2.45, 2.75) is 31.4 Å². The van der Waals surface area contributed by atoms with E-state index >= 15 is 0 Å². The lowest BCUT2D eigenvalue weighted by Gasteiger charge is -2.40. The van der Waals surface area contributed by atoms with Gasteiger partial charge in [0.25, 0.3) is 0 Å². The summed E-state index contributed by atoms with van der Waals surface area (Å²) < 4.78 is 11.4. The second-order valence-electron chi connectivity index (χ2n) is 6.96. The number of piperidine rings is 1. The highest BCUT2D eigenvalue weighted by atomic mass is 32.1. The molecule has 1 aromatic heterocycles. The van der Waals surface area contributed by atoms with Gasteiger partial charge in [-0.3, -0.25) is 0 Å². The van der Waals surface area contributed by atoms with Crippen molar-refractivity contribution in [3.05, 3.63) is 46.7 Å². The molecule has 5 nitrogen and oxygen atoms in total. The molecule has 2 aromatic rings. The summed E-state index contributed by atoms with van der Waals surface area (Å²) in [6, 6.07) is 12.6. The maximum absolute atomic E-state index is 11.8. The average molecular weight is 372 g/mol. The van der Waals surface area contributed by atoms with Gasteiger partial charge in [-0.15, -0.1) is 11.3 Å². The molecule has 1 saturated heterocycles. The molecule has 1 aromatic carbocycles. The van der Waals surface area contributed by atoms with Crippen LogP contribution in [0.25, 0.3) is 0 Å². The van der Waals surface area contributed by atoms with E-state index in [-0.39, 0.29) is 11.7 Å². The fourth-order valence-electron chi connectivity index (χ4n) is 3.88. The standard InChI is InChI=1S/C20H24N2O3S/c1-24-19(23)21-11-8-20(9-12-21)10-13-22(15-16-5-4-14-26-16)17-6-2-3-7-18(17)25-20/h2-7,14H,8-13,15H2,1H3. The summed E-state index contributed by atoms with van der Waals surface area (Å²) >= 11 is 1.79. The molecule has 0 N–H and O–H groups in total. The van der Waals surface area contributed by atoms with E-state index in [1.807, 2.05) is 6.07 Å². The lowest BCUT2D eigenvalue weighted by atomic mass is 9.88. The first kappa shape index (κ1) is 17.2. The zero-order chi connectivity index (χ0) is 18.0. The molecule has 3 heterocycles.